The summed E-state index contributed by atoms with van der Waals surface area (Å²) in [5.74, 6) is 1.54. The number of esters is 1. The summed E-state index contributed by atoms with van der Waals surface area (Å²) in [7, 11) is 0. The first-order valence-electron chi connectivity index (χ1n) is 22.6. The maximum Gasteiger partial charge on any atom is 0.415 e. The number of H-pyrrole nitrogens is 2. The lowest BCUT2D eigenvalue weighted by molar-refractivity contribution is -0.128. The van der Waals surface area contributed by atoms with Crippen LogP contribution in [0.4, 0.5) is 16.2 Å². The number of benzene rings is 2. The molecule has 19 heteroatoms. The Morgan fingerprint density at radius 2 is 1.68 bits per heavy atom. The van der Waals surface area contributed by atoms with E-state index in [-0.39, 0.29) is 68.9 Å². The standard InChI is InChI=1S/C27H31N5O5.C22H23ClN6O2/c1-16-14-17(2)22(18(3)15-16)36-26(33)20-21(28-4)25(37-27(34)31-10-12-35-13-11-31)32-24(20)29-23(30-32)19-8-6-5-7-9-19;1-6-16(31-17-8-7-12(2)9-13(17)3)22(30)26-11-14(4)20-27-21-15(10-24)18(25-5)19(23)29(21)28-20/h5-9,16-18,22H,10-15H2,1-3H3,(H,29,30);7-9,14,16H,6,11H2,1-4H3,(H,26,30)(H,27,28). The number of nitrogens with one attached hydrogen (secondary N) is 3. The molecule has 3 N–H and O–H groups in total. The van der Waals surface area contributed by atoms with E-state index in [1.54, 1.807) is 0 Å². The predicted molar refractivity (Wildman–Crippen MR) is 253 cm³/mol. The quantitative estimate of drug-likeness (QED) is 0.0830. The second-order valence-electron chi connectivity index (χ2n) is 17.5. The van der Waals surface area contributed by atoms with Crippen LogP contribution < -0.4 is 14.8 Å². The molecule has 1 aliphatic heterocycles. The van der Waals surface area contributed by atoms with Crippen molar-refractivity contribution in [3.8, 4) is 29.1 Å². The van der Waals surface area contributed by atoms with Gasteiger partial charge in [0.05, 0.1) is 32.4 Å². The maximum atomic E-state index is 13.6. The number of aromatic nitrogens is 6. The van der Waals surface area contributed by atoms with Gasteiger partial charge in [-0.3, -0.25) is 15.0 Å². The number of carbonyl (C=O) groups excluding carboxylic acids is 3. The fourth-order valence-electron chi connectivity index (χ4n) is 8.86. The van der Waals surface area contributed by atoms with Crippen LogP contribution in [0.15, 0.2) is 48.5 Å². The molecule has 2 amide bonds. The van der Waals surface area contributed by atoms with Gasteiger partial charge in [-0.15, -0.1) is 0 Å². The highest BCUT2D eigenvalue weighted by Crippen LogP contribution is 2.41. The summed E-state index contributed by atoms with van der Waals surface area (Å²) in [5, 5.41) is 18.5. The first-order valence-corrected chi connectivity index (χ1v) is 23.0. The van der Waals surface area contributed by atoms with Crippen molar-refractivity contribution in [3.05, 3.63) is 105 Å². The highest BCUT2D eigenvalue weighted by Gasteiger charge is 2.38. The Labute approximate surface area is 399 Å². The van der Waals surface area contributed by atoms with Gasteiger partial charge < -0.3 is 29.2 Å². The molecule has 1 aliphatic carbocycles. The minimum Gasteiger partial charge on any atom is -0.480 e. The number of carbonyl (C=O) groups is 3. The maximum absolute atomic E-state index is 13.6. The molecule has 4 aromatic heterocycles. The SMILES string of the molecule is [C-]#[N+]c1c(C#N)c2nc(C(C)CNC(=O)C(CC)Oc3ccc(C)cc3C)[nH]n2c1Cl.[C-]#[N+]c1c(C(=O)OC2C(C)CC(C)CC2C)c2nc(-c3ccccc3)[nH]n2c1OC(=O)N1CCOCC1. The number of rotatable bonds is 11. The molecule has 6 aromatic rings. The van der Waals surface area contributed by atoms with Gasteiger partial charge in [0.1, 0.15) is 34.0 Å². The monoisotopic (exact) mass is 943 g/mol. The average molecular weight is 944 g/mol. The molecule has 2 aromatic carbocycles. The molecule has 2 aliphatic rings. The molecule has 0 radical (unpaired) electrons. The summed E-state index contributed by atoms with van der Waals surface area (Å²) >= 11 is 6.19. The predicted octanol–water partition coefficient (Wildman–Crippen LogP) is 9.37. The van der Waals surface area contributed by atoms with E-state index >= 15 is 0 Å². The lowest BCUT2D eigenvalue weighted by Gasteiger charge is -2.37. The molecule has 5 heterocycles. The molecule has 18 nitrogen and oxygen atoms in total. The van der Waals surface area contributed by atoms with Gasteiger partial charge in [-0.1, -0.05) is 94.2 Å². The lowest BCUT2D eigenvalue weighted by atomic mass is 9.75. The highest BCUT2D eigenvalue weighted by molar-refractivity contribution is 6.33. The summed E-state index contributed by atoms with van der Waals surface area (Å²) in [6, 6.07) is 17.2. The number of ether oxygens (including phenoxy) is 4. The summed E-state index contributed by atoms with van der Waals surface area (Å²) in [5.41, 5.74) is 3.48. The van der Waals surface area contributed by atoms with E-state index in [0.29, 0.717) is 68.2 Å². The zero-order valence-electron chi connectivity index (χ0n) is 39.1. The van der Waals surface area contributed by atoms with Crippen LogP contribution >= 0.6 is 11.6 Å². The average Bonchev–Trinajstić information content (AvgIpc) is 4.09. The van der Waals surface area contributed by atoms with Gasteiger partial charge in [0.25, 0.3) is 11.6 Å². The topological polar surface area (TPSA) is 202 Å². The van der Waals surface area contributed by atoms with Crippen molar-refractivity contribution >= 4 is 52.2 Å². The summed E-state index contributed by atoms with van der Waals surface area (Å²) in [6.07, 6.45) is 0.953. The Bertz CT molecular complexity index is 2930. The molecule has 8 rings (SSSR count). The van der Waals surface area contributed by atoms with Gasteiger partial charge in [0.2, 0.25) is 11.6 Å². The van der Waals surface area contributed by atoms with Crippen LogP contribution in [0.2, 0.25) is 5.15 Å². The highest BCUT2D eigenvalue weighted by atomic mass is 35.5. The summed E-state index contributed by atoms with van der Waals surface area (Å²) < 4.78 is 25.8. The van der Waals surface area contributed by atoms with Crippen molar-refractivity contribution in [1.29, 1.82) is 5.26 Å². The van der Waals surface area contributed by atoms with Gasteiger partial charge in [0, 0.05) is 31.1 Å². The third-order valence-corrected chi connectivity index (χ3v) is 12.6. The van der Waals surface area contributed by atoms with Gasteiger partial charge in [-0.25, -0.2) is 38.3 Å². The lowest BCUT2D eigenvalue weighted by Crippen LogP contribution is -2.42. The molecule has 4 unspecified atom stereocenters. The number of aromatic amines is 2. The van der Waals surface area contributed by atoms with Crippen molar-refractivity contribution in [2.75, 3.05) is 32.8 Å². The number of fused-ring (bicyclic) bond motifs is 2. The van der Waals surface area contributed by atoms with E-state index in [4.69, 9.17) is 43.7 Å². The van der Waals surface area contributed by atoms with E-state index in [0.717, 1.165) is 29.5 Å². The Morgan fingerprint density at radius 3 is 2.31 bits per heavy atom. The number of halogens is 1. The van der Waals surface area contributed by atoms with Crippen molar-refractivity contribution < 1.29 is 33.3 Å². The smallest absolute Gasteiger partial charge is 0.415 e. The number of nitrogens with zero attached hydrogens (tertiary/aromatic N) is 8. The van der Waals surface area contributed by atoms with Crippen molar-refractivity contribution in [1.82, 2.24) is 39.4 Å². The second-order valence-corrected chi connectivity index (χ2v) is 17.9. The third kappa shape index (κ3) is 10.1. The molecule has 1 saturated carbocycles. The van der Waals surface area contributed by atoms with E-state index in [9.17, 15) is 19.6 Å². The molecular formula is C49H54ClN11O7. The van der Waals surface area contributed by atoms with Crippen LogP contribution in [0.1, 0.15) is 92.7 Å². The fraction of sp³-hybridized carbons (Fsp3) is 0.429. The van der Waals surface area contributed by atoms with Crippen LogP contribution in [0.5, 0.6) is 11.6 Å². The van der Waals surface area contributed by atoms with E-state index in [1.165, 1.54) is 13.9 Å². The second kappa shape index (κ2) is 21.1. The fourth-order valence-corrected chi connectivity index (χ4v) is 9.12. The molecule has 0 bridgehead atoms. The number of hydrogen-bond donors (Lipinski definition) is 3. The van der Waals surface area contributed by atoms with Gasteiger partial charge in [0.15, 0.2) is 23.2 Å². The Kier molecular flexibility index (Phi) is 15.1. The molecular weight excluding hydrogens is 890 g/mol. The third-order valence-electron chi connectivity index (χ3n) is 12.3. The Morgan fingerprint density at radius 1 is 0.985 bits per heavy atom. The number of amides is 2. The molecule has 1 saturated heterocycles. The zero-order chi connectivity index (χ0) is 48.8. The van der Waals surface area contributed by atoms with Crippen LogP contribution in [0.25, 0.3) is 32.4 Å². The number of morpholine rings is 1. The van der Waals surface area contributed by atoms with E-state index < -0.39 is 18.2 Å². The van der Waals surface area contributed by atoms with Crippen molar-refractivity contribution in [3.63, 3.8) is 0 Å². The molecule has 2 fully saturated rings. The van der Waals surface area contributed by atoms with Gasteiger partial charge in [-0.2, -0.15) is 5.26 Å². The Hall–Kier alpha value is -7.33. The largest absolute Gasteiger partial charge is 0.480 e. The molecule has 68 heavy (non-hydrogen) atoms. The number of aryl methyl sites for hydroxylation is 2. The zero-order valence-corrected chi connectivity index (χ0v) is 39.8. The normalized spacial score (nSPS) is 18.9. The van der Waals surface area contributed by atoms with Gasteiger partial charge >= 0.3 is 12.1 Å². The molecule has 354 valence electrons. The molecule has 4 atom stereocenters. The Balaban J connectivity index is 0.000000205. The van der Waals surface area contributed by atoms with E-state index in [2.05, 4.69) is 55.9 Å². The van der Waals surface area contributed by atoms with E-state index in [1.807, 2.05) is 82.3 Å². The minimum atomic E-state index is -0.637. The van der Waals surface area contributed by atoms with Crippen molar-refractivity contribution in [2.45, 2.75) is 85.9 Å². The first-order chi connectivity index (χ1) is 32.7. The van der Waals surface area contributed by atoms with Crippen LogP contribution in [-0.2, 0) is 14.3 Å². The van der Waals surface area contributed by atoms with Crippen molar-refractivity contribution in [2.24, 2.45) is 17.8 Å². The van der Waals surface area contributed by atoms with Crippen LogP contribution in [0, 0.1) is 56.1 Å². The van der Waals surface area contributed by atoms with Gasteiger partial charge in [-0.05, 0) is 62.5 Å². The molecule has 0 spiro atoms. The summed E-state index contributed by atoms with van der Waals surface area (Å²) in [4.78, 5) is 56.7. The van der Waals surface area contributed by atoms with Crippen LogP contribution in [-0.4, -0.2) is 97.1 Å². The minimum absolute atomic E-state index is 0.00349. The first kappa shape index (κ1) is 48.6. The van der Waals surface area contributed by atoms with Crippen LogP contribution in [0.3, 0.4) is 0 Å². The number of nitriles is 1. The number of hydrogen-bond acceptors (Lipinski definition) is 10. The summed E-state index contributed by atoms with van der Waals surface area (Å²) in [6.45, 7) is 31.1.